The van der Waals surface area contributed by atoms with Gasteiger partial charge in [0.25, 0.3) is 0 Å². The standard InChI is InChI=1S/C23H22F3N7O2/c1-12-21(22(27)31(2)30-12)18-8-20(17(26)9-28-18)35-16-10-32(11-16)23(34)33-19(3-4-29-33)13-5-14(24)7-15(25)6-13/h4-9,16,19H,3,10-11,27H2,1-2H3/t19-/m0/s1. The first-order valence-electron chi connectivity index (χ1n) is 10.9. The Morgan fingerprint density at radius 2 is 1.86 bits per heavy atom. The van der Waals surface area contributed by atoms with Crippen molar-refractivity contribution in [2.45, 2.75) is 25.5 Å². The summed E-state index contributed by atoms with van der Waals surface area (Å²) in [5, 5.41) is 9.53. The number of anilines is 1. The molecule has 2 aliphatic rings. The molecule has 0 radical (unpaired) electrons. The normalized spacial score (nSPS) is 17.7. The molecule has 1 atom stereocenters. The molecule has 1 fully saturated rings. The Morgan fingerprint density at radius 3 is 2.51 bits per heavy atom. The molecule has 2 aromatic heterocycles. The van der Waals surface area contributed by atoms with Crippen LogP contribution in [0.4, 0.5) is 23.8 Å². The van der Waals surface area contributed by atoms with Crippen LogP contribution in [0.1, 0.15) is 23.7 Å². The Morgan fingerprint density at radius 1 is 1.14 bits per heavy atom. The summed E-state index contributed by atoms with van der Waals surface area (Å²) in [7, 11) is 1.70. The number of carbonyl (C=O) groups is 1. The van der Waals surface area contributed by atoms with Gasteiger partial charge in [-0.3, -0.25) is 9.67 Å². The number of benzene rings is 1. The first-order chi connectivity index (χ1) is 16.7. The van der Waals surface area contributed by atoms with E-state index in [-0.39, 0.29) is 18.8 Å². The third kappa shape index (κ3) is 4.15. The summed E-state index contributed by atoms with van der Waals surface area (Å²) in [6, 6.07) is 3.57. The number of pyridine rings is 1. The first-order valence-corrected chi connectivity index (χ1v) is 10.9. The van der Waals surface area contributed by atoms with Crippen molar-refractivity contribution in [2.75, 3.05) is 18.8 Å². The Labute approximate surface area is 198 Å². The van der Waals surface area contributed by atoms with E-state index in [9.17, 15) is 18.0 Å². The van der Waals surface area contributed by atoms with Gasteiger partial charge in [0.05, 0.1) is 42.3 Å². The molecule has 0 unspecified atom stereocenters. The van der Waals surface area contributed by atoms with E-state index >= 15 is 0 Å². The molecule has 1 aromatic carbocycles. The number of likely N-dealkylation sites (tertiary alicyclic amines) is 1. The lowest BCUT2D eigenvalue weighted by Gasteiger charge is -2.41. The van der Waals surface area contributed by atoms with Crippen LogP contribution in [0.2, 0.25) is 0 Å². The van der Waals surface area contributed by atoms with Gasteiger partial charge >= 0.3 is 6.03 Å². The van der Waals surface area contributed by atoms with Gasteiger partial charge < -0.3 is 15.4 Å². The van der Waals surface area contributed by atoms with Crippen molar-refractivity contribution in [2.24, 2.45) is 12.1 Å². The van der Waals surface area contributed by atoms with Crippen LogP contribution in [0.15, 0.2) is 35.6 Å². The Hall–Kier alpha value is -4.09. The molecule has 1 saturated heterocycles. The third-order valence-corrected chi connectivity index (χ3v) is 6.05. The summed E-state index contributed by atoms with van der Waals surface area (Å²) in [4.78, 5) is 18.5. The number of aryl methyl sites for hydroxylation is 2. The highest BCUT2D eigenvalue weighted by atomic mass is 19.1. The highest BCUT2D eigenvalue weighted by Gasteiger charge is 2.39. The van der Waals surface area contributed by atoms with Crippen LogP contribution in [-0.4, -0.2) is 56.1 Å². The maximum absolute atomic E-state index is 14.4. The summed E-state index contributed by atoms with van der Waals surface area (Å²) in [5.74, 6) is -1.71. The maximum atomic E-state index is 14.4. The minimum atomic E-state index is -0.723. The Bertz CT molecular complexity index is 1320. The second-order valence-corrected chi connectivity index (χ2v) is 8.49. The molecule has 0 spiro atoms. The van der Waals surface area contributed by atoms with Crippen LogP contribution < -0.4 is 10.5 Å². The number of nitrogen functional groups attached to an aromatic ring is 1. The fourth-order valence-electron chi connectivity index (χ4n) is 4.28. The minimum absolute atomic E-state index is 0.0120. The van der Waals surface area contributed by atoms with Crippen LogP contribution in [0.25, 0.3) is 11.3 Å². The van der Waals surface area contributed by atoms with E-state index in [0.717, 1.165) is 12.3 Å². The van der Waals surface area contributed by atoms with Crippen molar-refractivity contribution in [3.63, 3.8) is 0 Å². The first kappa shape index (κ1) is 22.7. The lowest BCUT2D eigenvalue weighted by atomic mass is 10.0. The van der Waals surface area contributed by atoms with E-state index in [1.165, 1.54) is 39.0 Å². The average Bonchev–Trinajstić information content (AvgIpc) is 3.35. The van der Waals surface area contributed by atoms with E-state index < -0.39 is 35.6 Å². The lowest BCUT2D eigenvalue weighted by Crippen LogP contribution is -2.58. The van der Waals surface area contributed by atoms with Crippen molar-refractivity contribution in [3.8, 4) is 17.0 Å². The third-order valence-electron chi connectivity index (χ3n) is 6.05. The lowest BCUT2D eigenvalue weighted by molar-refractivity contribution is 0.0256. The topological polar surface area (TPSA) is 102 Å². The summed E-state index contributed by atoms with van der Waals surface area (Å²) < 4.78 is 49.0. The smallest absolute Gasteiger partial charge is 0.341 e. The predicted octanol–water partition coefficient (Wildman–Crippen LogP) is 3.41. The number of ether oxygens (including phenoxy) is 1. The van der Waals surface area contributed by atoms with Gasteiger partial charge in [-0.05, 0) is 24.6 Å². The molecule has 9 nitrogen and oxygen atoms in total. The number of rotatable bonds is 4. The largest absolute Gasteiger partial charge is 0.483 e. The van der Waals surface area contributed by atoms with E-state index in [2.05, 4.69) is 15.2 Å². The zero-order valence-electron chi connectivity index (χ0n) is 19.0. The average molecular weight is 485 g/mol. The van der Waals surface area contributed by atoms with Crippen LogP contribution in [-0.2, 0) is 7.05 Å². The molecule has 4 heterocycles. The van der Waals surface area contributed by atoms with Crippen molar-refractivity contribution >= 4 is 18.1 Å². The van der Waals surface area contributed by atoms with E-state index in [1.807, 2.05) is 0 Å². The van der Waals surface area contributed by atoms with Crippen molar-refractivity contribution < 1.29 is 22.7 Å². The second kappa shape index (κ2) is 8.60. The number of carbonyl (C=O) groups excluding carboxylic acids is 1. The molecule has 12 heteroatoms. The van der Waals surface area contributed by atoms with E-state index in [4.69, 9.17) is 10.5 Å². The second-order valence-electron chi connectivity index (χ2n) is 8.49. The summed E-state index contributed by atoms with van der Waals surface area (Å²) >= 11 is 0. The molecule has 3 aromatic rings. The number of halogens is 3. The molecule has 0 aliphatic carbocycles. The zero-order chi connectivity index (χ0) is 24.9. The van der Waals surface area contributed by atoms with Crippen LogP contribution in [0, 0.1) is 24.4 Å². The molecule has 0 bridgehead atoms. The maximum Gasteiger partial charge on any atom is 0.341 e. The number of hydrogen-bond acceptors (Lipinski definition) is 6. The molecular formula is C23H22F3N7O2. The number of nitrogens with zero attached hydrogens (tertiary/aromatic N) is 6. The van der Waals surface area contributed by atoms with E-state index in [1.54, 1.807) is 14.0 Å². The van der Waals surface area contributed by atoms with Crippen molar-refractivity contribution in [1.29, 1.82) is 0 Å². The van der Waals surface area contributed by atoms with Gasteiger partial charge in [-0.1, -0.05) is 0 Å². The van der Waals surface area contributed by atoms with Gasteiger partial charge in [0, 0.05) is 31.8 Å². The molecule has 2 aliphatic heterocycles. The fraction of sp³-hybridized carbons (Fsp3) is 0.304. The number of hydrogen-bond donors (Lipinski definition) is 1. The zero-order valence-corrected chi connectivity index (χ0v) is 19.0. The number of urea groups is 1. The summed E-state index contributed by atoms with van der Waals surface area (Å²) in [6.45, 7) is 2.17. The SMILES string of the molecule is Cc1nn(C)c(N)c1-c1cc(OC2CN(C(=O)N3N=CC[C@H]3c3cc(F)cc(F)c3)C2)c(F)cn1. The predicted molar refractivity (Wildman–Crippen MR) is 121 cm³/mol. The van der Waals surface area contributed by atoms with Crippen LogP contribution in [0.3, 0.4) is 0 Å². The summed E-state index contributed by atoms with van der Waals surface area (Å²) in [5.41, 5.74) is 8.05. The van der Waals surface area contributed by atoms with Crippen molar-refractivity contribution in [3.05, 3.63) is 59.2 Å². The van der Waals surface area contributed by atoms with Gasteiger partial charge in [0.2, 0.25) is 0 Å². The molecule has 2 N–H and O–H groups in total. The van der Waals surface area contributed by atoms with Crippen LogP contribution >= 0.6 is 0 Å². The number of amides is 2. The minimum Gasteiger partial charge on any atom is -0.483 e. The molecule has 35 heavy (non-hydrogen) atoms. The Balaban J connectivity index is 1.26. The van der Waals surface area contributed by atoms with Gasteiger partial charge in [-0.2, -0.15) is 10.2 Å². The van der Waals surface area contributed by atoms with Gasteiger partial charge in [0.15, 0.2) is 11.6 Å². The number of aromatic nitrogens is 3. The van der Waals surface area contributed by atoms with Gasteiger partial charge in [0.1, 0.15) is 23.6 Å². The van der Waals surface area contributed by atoms with Gasteiger partial charge in [-0.15, -0.1) is 0 Å². The number of hydrazone groups is 1. The molecule has 0 saturated carbocycles. The molecule has 5 rings (SSSR count). The monoisotopic (exact) mass is 485 g/mol. The van der Waals surface area contributed by atoms with Crippen molar-refractivity contribution in [1.82, 2.24) is 24.7 Å². The Kier molecular flexibility index (Phi) is 5.58. The summed E-state index contributed by atoms with van der Waals surface area (Å²) in [6.07, 6.45) is 2.47. The highest BCUT2D eigenvalue weighted by molar-refractivity contribution is 5.79. The number of nitrogens with two attached hydrogens (primary N) is 1. The molecule has 182 valence electrons. The fourth-order valence-corrected chi connectivity index (χ4v) is 4.28. The molecular weight excluding hydrogens is 463 g/mol. The molecule has 2 amide bonds. The quantitative estimate of drug-likeness (QED) is 0.610. The highest BCUT2D eigenvalue weighted by Crippen LogP contribution is 2.33. The van der Waals surface area contributed by atoms with E-state index in [0.29, 0.717) is 34.8 Å². The van der Waals surface area contributed by atoms with Gasteiger partial charge in [-0.25, -0.2) is 23.0 Å². The van der Waals surface area contributed by atoms with Crippen LogP contribution in [0.5, 0.6) is 5.75 Å².